The first kappa shape index (κ1) is 26.2. The molecule has 0 saturated carbocycles. The van der Waals surface area contributed by atoms with Crippen molar-refractivity contribution in [2.45, 2.75) is 25.4 Å². The van der Waals surface area contributed by atoms with Gasteiger partial charge >= 0.3 is 11.9 Å². The molecule has 2 aromatic heterocycles. The second kappa shape index (κ2) is 12.2. The van der Waals surface area contributed by atoms with Gasteiger partial charge in [0.25, 0.3) is 17.9 Å². The van der Waals surface area contributed by atoms with Gasteiger partial charge in [0.05, 0.1) is 18.4 Å². The molecule has 35 heavy (non-hydrogen) atoms. The van der Waals surface area contributed by atoms with Crippen LogP contribution < -0.4 is 21.9 Å². The number of aromatic nitrogens is 4. The second-order valence-electron chi connectivity index (χ2n) is 6.82. The highest BCUT2D eigenvalue weighted by Crippen LogP contribution is 2.12. The van der Waals surface area contributed by atoms with Crippen LogP contribution in [0.5, 0.6) is 0 Å². The fourth-order valence-corrected chi connectivity index (χ4v) is 2.75. The molecule has 1 aromatic carbocycles. The minimum absolute atomic E-state index is 0.0524. The fourth-order valence-electron chi connectivity index (χ4n) is 2.75. The van der Waals surface area contributed by atoms with Crippen molar-refractivity contribution in [1.29, 1.82) is 0 Å². The summed E-state index contributed by atoms with van der Waals surface area (Å²) >= 11 is 0. The number of anilines is 2. The van der Waals surface area contributed by atoms with Gasteiger partial charge in [0.15, 0.2) is 11.2 Å². The number of fused-ring (bicyclic) bond motifs is 1. The van der Waals surface area contributed by atoms with Crippen LogP contribution in [0, 0.1) is 0 Å². The quantitative estimate of drug-likeness (QED) is 0.191. The summed E-state index contributed by atoms with van der Waals surface area (Å²) in [6.45, 7) is -0.0193. The van der Waals surface area contributed by atoms with Crippen LogP contribution in [0.4, 0.5) is 11.6 Å². The Hall–Kier alpha value is -5.08. The number of benzene rings is 1. The molecule has 0 radical (unpaired) electrons. The zero-order valence-electron chi connectivity index (χ0n) is 18.0. The number of H-pyrrole nitrogens is 1. The van der Waals surface area contributed by atoms with Crippen molar-refractivity contribution in [2.24, 2.45) is 0 Å². The SMILES string of the molecule is Nc1nc2ncc(CNc3ccc(C(=O)NC(CCC(=O)O)C(=O)O)cc3)nc2c(=O)[nH]1.O=CO. The molecule has 3 aromatic rings. The average molecular weight is 487 g/mol. The first-order valence-corrected chi connectivity index (χ1v) is 9.83. The Bertz CT molecular complexity index is 1280. The van der Waals surface area contributed by atoms with Crippen LogP contribution in [0.1, 0.15) is 28.9 Å². The number of carbonyl (C=O) groups excluding carboxylic acids is 1. The lowest BCUT2D eigenvalue weighted by Gasteiger charge is -2.14. The normalized spacial score (nSPS) is 11.0. The molecule has 2 heterocycles. The molecule has 0 aliphatic rings. The number of hydrogen-bond acceptors (Lipinski definition) is 10. The number of aliphatic carboxylic acids is 2. The summed E-state index contributed by atoms with van der Waals surface area (Å²) in [7, 11) is 0. The third kappa shape index (κ3) is 7.77. The Kier molecular flexibility index (Phi) is 9.15. The molecule has 15 nitrogen and oxygen atoms in total. The summed E-state index contributed by atoms with van der Waals surface area (Å²) in [6.07, 6.45) is 0.840. The second-order valence-corrected chi connectivity index (χ2v) is 6.82. The Labute approximate surface area is 196 Å². The highest BCUT2D eigenvalue weighted by Gasteiger charge is 2.21. The summed E-state index contributed by atoms with van der Waals surface area (Å²) in [5.41, 5.74) is 6.47. The largest absolute Gasteiger partial charge is 0.483 e. The number of nitrogens with two attached hydrogens (primary N) is 1. The van der Waals surface area contributed by atoms with E-state index in [2.05, 4.69) is 30.6 Å². The third-order valence-corrected chi connectivity index (χ3v) is 4.36. The van der Waals surface area contributed by atoms with Crippen molar-refractivity contribution in [1.82, 2.24) is 25.3 Å². The Balaban J connectivity index is 0.00000137. The number of hydrogen-bond donors (Lipinski definition) is 7. The zero-order chi connectivity index (χ0) is 26.0. The van der Waals surface area contributed by atoms with Crippen LogP contribution in [0.25, 0.3) is 11.2 Å². The lowest BCUT2D eigenvalue weighted by atomic mass is 10.1. The molecule has 0 saturated heterocycles. The van der Waals surface area contributed by atoms with E-state index < -0.39 is 29.4 Å². The van der Waals surface area contributed by atoms with Gasteiger partial charge in [-0.3, -0.25) is 24.2 Å². The molecular formula is C20H21N7O8. The molecule has 15 heteroatoms. The number of carboxylic acid groups (broad SMARTS) is 3. The van der Waals surface area contributed by atoms with Crippen LogP contribution in [0.15, 0.2) is 35.3 Å². The summed E-state index contributed by atoms with van der Waals surface area (Å²) in [5.74, 6) is -3.16. The summed E-state index contributed by atoms with van der Waals surface area (Å²) in [5, 5.41) is 30.1. The number of nitrogen functional groups attached to an aromatic ring is 1. The van der Waals surface area contributed by atoms with Crippen molar-refractivity contribution < 1.29 is 34.5 Å². The van der Waals surface area contributed by atoms with Crippen molar-refractivity contribution in [3.05, 3.63) is 52.1 Å². The molecule has 8 N–H and O–H groups in total. The van der Waals surface area contributed by atoms with E-state index in [9.17, 15) is 19.2 Å². The molecule has 0 aliphatic carbocycles. The maximum atomic E-state index is 12.3. The molecule has 1 amide bonds. The molecule has 184 valence electrons. The summed E-state index contributed by atoms with van der Waals surface area (Å²) in [6, 6.07) is 4.86. The minimum Gasteiger partial charge on any atom is -0.483 e. The van der Waals surface area contributed by atoms with Gasteiger partial charge in [0.2, 0.25) is 5.95 Å². The van der Waals surface area contributed by atoms with Crippen LogP contribution in [0.2, 0.25) is 0 Å². The van der Waals surface area contributed by atoms with Gasteiger partial charge in [-0.15, -0.1) is 0 Å². The molecule has 1 unspecified atom stereocenters. The monoisotopic (exact) mass is 487 g/mol. The predicted octanol–water partition coefficient (Wildman–Crippen LogP) is -0.344. The molecule has 0 aliphatic heterocycles. The predicted molar refractivity (Wildman–Crippen MR) is 121 cm³/mol. The average Bonchev–Trinajstić information content (AvgIpc) is 2.81. The zero-order valence-corrected chi connectivity index (χ0v) is 18.0. The lowest BCUT2D eigenvalue weighted by molar-refractivity contribution is -0.140. The Morgan fingerprint density at radius 3 is 2.40 bits per heavy atom. The van der Waals surface area contributed by atoms with E-state index in [1.807, 2.05) is 0 Å². The van der Waals surface area contributed by atoms with Crippen LogP contribution in [-0.4, -0.2) is 65.6 Å². The van der Waals surface area contributed by atoms with E-state index in [0.717, 1.165) is 0 Å². The molecule has 0 spiro atoms. The van der Waals surface area contributed by atoms with Crippen LogP contribution in [-0.2, 0) is 20.9 Å². The highest BCUT2D eigenvalue weighted by molar-refractivity contribution is 5.96. The van der Waals surface area contributed by atoms with Crippen LogP contribution in [0.3, 0.4) is 0 Å². The van der Waals surface area contributed by atoms with Gasteiger partial charge in [-0.05, 0) is 30.7 Å². The van der Waals surface area contributed by atoms with E-state index in [1.165, 1.54) is 18.3 Å². The minimum atomic E-state index is -1.31. The van der Waals surface area contributed by atoms with Gasteiger partial charge in [-0.2, -0.15) is 4.98 Å². The molecule has 0 fully saturated rings. The van der Waals surface area contributed by atoms with E-state index in [1.54, 1.807) is 12.1 Å². The van der Waals surface area contributed by atoms with Gasteiger partial charge in [-0.25, -0.2) is 14.8 Å². The van der Waals surface area contributed by atoms with Gasteiger partial charge in [-0.1, -0.05) is 0 Å². The maximum Gasteiger partial charge on any atom is 0.326 e. The van der Waals surface area contributed by atoms with E-state index in [-0.39, 0.29) is 48.5 Å². The smallest absolute Gasteiger partial charge is 0.326 e. The Morgan fingerprint density at radius 1 is 1.14 bits per heavy atom. The highest BCUT2D eigenvalue weighted by atomic mass is 16.4. The van der Waals surface area contributed by atoms with Crippen molar-refractivity contribution in [3.8, 4) is 0 Å². The van der Waals surface area contributed by atoms with Crippen molar-refractivity contribution in [3.63, 3.8) is 0 Å². The number of amides is 1. The van der Waals surface area contributed by atoms with Crippen LogP contribution >= 0.6 is 0 Å². The Morgan fingerprint density at radius 2 is 1.80 bits per heavy atom. The summed E-state index contributed by atoms with van der Waals surface area (Å²) in [4.78, 5) is 68.9. The topological polar surface area (TPSA) is 251 Å². The molecule has 1 atom stereocenters. The number of aromatic amines is 1. The number of carboxylic acids is 2. The third-order valence-electron chi connectivity index (χ3n) is 4.36. The lowest BCUT2D eigenvalue weighted by Crippen LogP contribution is -2.41. The van der Waals surface area contributed by atoms with Gasteiger partial charge in [0.1, 0.15) is 6.04 Å². The first-order chi connectivity index (χ1) is 16.6. The maximum absolute atomic E-state index is 12.3. The van der Waals surface area contributed by atoms with E-state index in [0.29, 0.717) is 11.4 Å². The number of nitrogens with one attached hydrogen (secondary N) is 3. The van der Waals surface area contributed by atoms with Gasteiger partial charge in [0, 0.05) is 17.7 Å². The number of nitrogens with zero attached hydrogens (tertiary/aromatic N) is 3. The first-order valence-electron chi connectivity index (χ1n) is 9.83. The van der Waals surface area contributed by atoms with Crippen molar-refractivity contribution >= 4 is 47.1 Å². The summed E-state index contributed by atoms with van der Waals surface area (Å²) < 4.78 is 0. The van der Waals surface area contributed by atoms with Crippen molar-refractivity contribution in [2.75, 3.05) is 11.1 Å². The number of carbonyl (C=O) groups is 4. The number of rotatable bonds is 9. The fraction of sp³-hybridized carbons (Fsp3) is 0.200. The molecule has 3 rings (SSSR count). The van der Waals surface area contributed by atoms with Gasteiger partial charge < -0.3 is 31.7 Å². The molecule has 0 bridgehead atoms. The van der Waals surface area contributed by atoms with E-state index in [4.69, 9.17) is 25.8 Å². The van der Waals surface area contributed by atoms with E-state index >= 15 is 0 Å². The molecular weight excluding hydrogens is 466 g/mol. The standard InChI is InChI=1S/C19H19N7O6.CH2O2/c20-19-25-15-14(17(30)26-19)23-11(8-22-15)7-21-10-3-1-9(2-4-10)16(29)24-12(18(31)32)5-6-13(27)28;2-1-3/h1-4,8,12,21H,5-7H2,(H,24,29)(H,27,28)(H,31,32)(H3,20,22,25,26,30);1H,(H,2,3).